The summed E-state index contributed by atoms with van der Waals surface area (Å²) in [5.74, 6) is -0.826. The molecule has 0 fully saturated rings. The van der Waals surface area contributed by atoms with Crippen LogP contribution in [0.4, 0.5) is 5.69 Å². The number of nitrogens with zero attached hydrogens (tertiary/aromatic N) is 2. The van der Waals surface area contributed by atoms with Gasteiger partial charge in [0.1, 0.15) is 9.71 Å². The Hall–Kier alpha value is -2.22. The average Bonchev–Trinajstić information content (AvgIpc) is 2.74. The van der Waals surface area contributed by atoms with Crippen LogP contribution in [0.2, 0.25) is 0 Å². The molecule has 2 amide bonds. The van der Waals surface area contributed by atoms with E-state index >= 15 is 0 Å². The van der Waals surface area contributed by atoms with Gasteiger partial charge in [0.25, 0.3) is 5.91 Å². The lowest BCUT2D eigenvalue weighted by Gasteiger charge is -2.20. The lowest BCUT2D eigenvalue weighted by Crippen LogP contribution is -2.42. The zero-order chi connectivity index (χ0) is 14.9. The molecule has 2 rings (SSSR count). The van der Waals surface area contributed by atoms with Gasteiger partial charge in [-0.15, -0.1) is 16.4 Å². The molecule has 106 valence electrons. The fraction of sp³-hybridized carbons (Fsp3) is 0.333. The van der Waals surface area contributed by atoms with Crippen molar-refractivity contribution >= 4 is 39.1 Å². The van der Waals surface area contributed by atoms with Gasteiger partial charge >= 0.3 is 0 Å². The highest BCUT2D eigenvalue weighted by molar-refractivity contribution is 7.21. The number of rotatable bonds is 4. The Morgan fingerprint density at radius 3 is 2.75 bits per heavy atom. The minimum atomic E-state index is -0.819. The average molecular weight is 293 g/mol. The van der Waals surface area contributed by atoms with Crippen molar-refractivity contribution in [3.63, 3.8) is 0 Å². The lowest BCUT2D eigenvalue weighted by molar-refractivity contribution is -0.125. The number of amides is 2. The van der Waals surface area contributed by atoms with Gasteiger partial charge in [-0.05, 0) is 19.9 Å². The number of thiophene rings is 1. The molecule has 20 heavy (non-hydrogen) atoms. The smallest absolute Gasteiger partial charge is 0.263 e. The van der Waals surface area contributed by atoms with Gasteiger partial charge in [-0.2, -0.15) is 5.10 Å². The molecule has 0 saturated carbocycles. The molecule has 0 aromatic carbocycles. The number of carbonyl (C=O) groups is 2. The molecular weight excluding hydrogens is 278 g/mol. The van der Waals surface area contributed by atoms with Crippen LogP contribution in [0.15, 0.2) is 12.3 Å². The first-order valence-electron chi connectivity index (χ1n) is 5.90. The third kappa shape index (κ3) is 2.55. The lowest BCUT2D eigenvalue weighted by atomic mass is 9.93. The van der Waals surface area contributed by atoms with Gasteiger partial charge in [-0.1, -0.05) is 0 Å². The highest BCUT2D eigenvalue weighted by Crippen LogP contribution is 2.31. The van der Waals surface area contributed by atoms with Crippen molar-refractivity contribution in [3.8, 4) is 0 Å². The molecule has 0 atom stereocenters. The minimum Gasteiger partial charge on any atom is -0.397 e. The Morgan fingerprint density at radius 2 is 2.15 bits per heavy atom. The molecule has 5 N–H and O–H groups in total. The Kier molecular flexibility index (Phi) is 3.58. The van der Waals surface area contributed by atoms with Gasteiger partial charge in [0.2, 0.25) is 5.91 Å². The number of aromatic nitrogens is 2. The van der Waals surface area contributed by atoms with E-state index in [4.69, 9.17) is 11.5 Å². The molecule has 0 bridgehead atoms. The number of primary amides is 1. The summed E-state index contributed by atoms with van der Waals surface area (Å²) < 4.78 is 0. The highest BCUT2D eigenvalue weighted by atomic mass is 32.1. The maximum Gasteiger partial charge on any atom is 0.263 e. The van der Waals surface area contributed by atoms with Gasteiger partial charge in [0, 0.05) is 11.9 Å². The highest BCUT2D eigenvalue weighted by Gasteiger charge is 2.26. The van der Waals surface area contributed by atoms with Crippen LogP contribution in [-0.2, 0) is 4.79 Å². The van der Waals surface area contributed by atoms with E-state index in [1.807, 2.05) is 0 Å². The molecule has 0 aliphatic carbocycles. The van der Waals surface area contributed by atoms with E-state index in [2.05, 4.69) is 15.5 Å². The second-order valence-electron chi connectivity index (χ2n) is 5.03. The number of carbonyl (C=O) groups excluding carboxylic acids is 2. The number of fused-ring (bicyclic) bond motifs is 1. The first kappa shape index (κ1) is 14.2. The van der Waals surface area contributed by atoms with Crippen molar-refractivity contribution in [1.82, 2.24) is 15.5 Å². The molecule has 0 aliphatic rings. The van der Waals surface area contributed by atoms with Crippen LogP contribution < -0.4 is 16.8 Å². The maximum atomic E-state index is 12.1. The van der Waals surface area contributed by atoms with Crippen molar-refractivity contribution in [1.29, 1.82) is 0 Å². The fourth-order valence-electron chi connectivity index (χ4n) is 1.51. The molecular formula is C12H15N5O2S. The Bertz CT molecular complexity index is 680. The number of nitrogens with two attached hydrogens (primary N) is 2. The zero-order valence-corrected chi connectivity index (χ0v) is 12.0. The molecule has 0 saturated heterocycles. The van der Waals surface area contributed by atoms with Gasteiger partial charge in [-0.3, -0.25) is 9.59 Å². The standard InChI is InChI=1S/C12H15N5O2S/c1-12(2,11(14)19)5-15-9(18)8-7(13)6-3-4-16-17-10(6)20-8/h3-4H,5,13H2,1-2H3,(H2,14,19)(H,15,18). The molecule has 2 aromatic rings. The van der Waals surface area contributed by atoms with E-state index in [1.54, 1.807) is 19.9 Å². The van der Waals surface area contributed by atoms with E-state index in [-0.39, 0.29) is 12.5 Å². The van der Waals surface area contributed by atoms with E-state index in [0.717, 1.165) is 11.3 Å². The number of anilines is 1. The predicted molar refractivity (Wildman–Crippen MR) is 77.1 cm³/mol. The number of nitrogens with one attached hydrogen (secondary N) is 1. The van der Waals surface area contributed by atoms with Crippen LogP contribution in [0.25, 0.3) is 10.2 Å². The van der Waals surface area contributed by atoms with Gasteiger partial charge in [-0.25, -0.2) is 0 Å². The molecule has 0 aliphatic heterocycles. The van der Waals surface area contributed by atoms with Gasteiger partial charge in [0.05, 0.1) is 17.3 Å². The molecule has 8 heteroatoms. The van der Waals surface area contributed by atoms with Crippen LogP contribution in [0, 0.1) is 5.41 Å². The number of nitrogen functional groups attached to an aromatic ring is 1. The Balaban J connectivity index is 2.20. The predicted octanol–water partition coefficient (Wildman–Crippen LogP) is 0.515. The van der Waals surface area contributed by atoms with Gasteiger partial charge < -0.3 is 16.8 Å². The molecule has 0 unspecified atom stereocenters. The second-order valence-corrected chi connectivity index (χ2v) is 6.02. The van der Waals surface area contributed by atoms with Crippen molar-refractivity contribution < 1.29 is 9.59 Å². The number of hydrogen-bond acceptors (Lipinski definition) is 6. The summed E-state index contributed by atoms with van der Waals surface area (Å²) in [6, 6.07) is 1.71. The Labute approximate surface area is 119 Å². The van der Waals surface area contributed by atoms with E-state index in [0.29, 0.717) is 20.8 Å². The zero-order valence-electron chi connectivity index (χ0n) is 11.1. The third-order valence-corrected chi connectivity index (χ3v) is 4.09. The minimum absolute atomic E-state index is 0.139. The quantitative estimate of drug-likeness (QED) is 0.757. The summed E-state index contributed by atoms with van der Waals surface area (Å²) in [5, 5.41) is 11.0. The second kappa shape index (κ2) is 5.04. The topological polar surface area (TPSA) is 124 Å². The molecule has 2 heterocycles. The van der Waals surface area contributed by atoms with E-state index < -0.39 is 11.3 Å². The van der Waals surface area contributed by atoms with E-state index in [9.17, 15) is 9.59 Å². The monoisotopic (exact) mass is 293 g/mol. The first-order valence-corrected chi connectivity index (χ1v) is 6.72. The van der Waals surface area contributed by atoms with Crippen LogP contribution in [0.1, 0.15) is 23.5 Å². The van der Waals surface area contributed by atoms with Crippen LogP contribution >= 0.6 is 11.3 Å². The van der Waals surface area contributed by atoms with Crippen molar-refractivity contribution in [3.05, 3.63) is 17.1 Å². The first-order chi connectivity index (χ1) is 9.33. The SMILES string of the molecule is CC(C)(CNC(=O)c1sc2nnccc2c1N)C(N)=O. The molecule has 0 spiro atoms. The van der Waals surface area contributed by atoms with Crippen LogP contribution in [-0.4, -0.2) is 28.6 Å². The van der Waals surface area contributed by atoms with Crippen molar-refractivity contribution in [2.24, 2.45) is 11.1 Å². The van der Waals surface area contributed by atoms with Gasteiger partial charge in [0.15, 0.2) is 0 Å². The molecule has 7 nitrogen and oxygen atoms in total. The summed E-state index contributed by atoms with van der Waals surface area (Å²) in [4.78, 5) is 24.3. The largest absolute Gasteiger partial charge is 0.397 e. The Morgan fingerprint density at radius 1 is 1.45 bits per heavy atom. The summed E-state index contributed by atoms with van der Waals surface area (Å²) in [5.41, 5.74) is 10.7. The fourth-order valence-corrected chi connectivity index (χ4v) is 2.46. The van der Waals surface area contributed by atoms with Crippen LogP contribution in [0.5, 0.6) is 0 Å². The summed E-state index contributed by atoms with van der Waals surface area (Å²) in [6.07, 6.45) is 1.52. The normalized spacial score (nSPS) is 11.5. The van der Waals surface area contributed by atoms with Crippen molar-refractivity contribution in [2.45, 2.75) is 13.8 Å². The summed E-state index contributed by atoms with van der Waals surface area (Å²) in [6.45, 7) is 3.46. The van der Waals surface area contributed by atoms with Crippen molar-refractivity contribution in [2.75, 3.05) is 12.3 Å². The molecule has 0 radical (unpaired) electrons. The number of hydrogen-bond donors (Lipinski definition) is 3. The maximum absolute atomic E-state index is 12.1. The molecule has 2 aromatic heterocycles. The summed E-state index contributed by atoms with van der Waals surface area (Å²) >= 11 is 1.16. The van der Waals surface area contributed by atoms with E-state index in [1.165, 1.54) is 6.20 Å². The van der Waals surface area contributed by atoms with Crippen LogP contribution in [0.3, 0.4) is 0 Å². The summed E-state index contributed by atoms with van der Waals surface area (Å²) in [7, 11) is 0. The third-order valence-electron chi connectivity index (χ3n) is 2.98.